The summed E-state index contributed by atoms with van der Waals surface area (Å²) in [5.74, 6) is 0.815. The van der Waals surface area contributed by atoms with Crippen LogP contribution in [-0.2, 0) is 11.3 Å². The zero-order valence-corrected chi connectivity index (χ0v) is 12.9. The summed E-state index contributed by atoms with van der Waals surface area (Å²) in [4.78, 5) is 11.7. The SMILES string of the molecule is CCC(C)Oc1cc(C)ccc1CNC(=O)CC(C)N. The summed E-state index contributed by atoms with van der Waals surface area (Å²) in [6, 6.07) is 5.92. The molecule has 1 aromatic rings. The van der Waals surface area contributed by atoms with Gasteiger partial charge in [-0.15, -0.1) is 0 Å². The Kier molecular flexibility index (Phi) is 6.52. The first-order chi connectivity index (χ1) is 9.42. The lowest BCUT2D eigenvalue weighted by molar-refractivity contribution is -0.121. The first-order valence-electron chi connectivity index (χ1n) is 7.20. The van der Waals surface area contributed by atoms with E-state index in [1.54, 1.807) is 0 Å². The smallest absolute Gasteiger partial charge is 0.221 e. The van der Waals surface area contributed by atoms with Gasteiger partial charge in [0.25, 0.3) is 0 Å². The molecule has 0 fully saturated rings. The van der Waals surface area contributed by atoms with Crippen molar-refractivity contribution in [1.82, 2.24) is 5.32 Å². The summed E-state index contributed by atoms with van der Waals surface area (Å²) < 4.78 is 5.91. The number of nitrogens with two attached hydrogens (primary N) is 1. The van der Waals surface area contributed by atoms with Gasteiger partial charge in [-0.1, -0.05) is 19.1 Å². The average molecular weight is 278 g/mol. The Morgan fingerprint density at radius 3 is 2.70 bits per heavy atom. The van der Waals surface area contributed by atoms with E-state index in [4.69, 9.17) is 10.5 Å². The van der Waals surface area contributed by atoms with Crippen LogP contribution in [0.1, 0.15) is 44.7 Å². The molecule has 0 saturated heterocycles. The number of amides is 1. The molecule has 1 amide bonds. The molecule has 2 atom stereocenters. The summed E-state index contributed by atoms with van der Waals surface area (Å²) in [6.07, 6.45) is 1.45. The topological polar surface area (TPSA) is 64.3 Å². The highest BCUT2D eigenvalue weighted by atomic mass is 16.5. The predicted molar refractivity (Wildman–Crippen MR) is 81.7 cm³/mol. The van der Waals surface area contributed by atoms with E-state index in [1.807, 2.05) is 39.0 Å². The first-order valence-corrected chi connectivity index (χ1v) is 7.20. The van der Waals surface area contributed by atoms with E-state index in [9.17, 15) is 4.79 Å². The fraction of sp³-hybridized carbons (Fsp3) is 0.562. The largest absolute Gasteiger partial charge is 0.490 e. The Balaban J connectivity index is 2.71. The van der Waals surface area contributed by atoms with E-state index in [0.29, 0.717) is 13.0 Å². The molecular formula is C16H26N2O2. The van der Waals surface area contributed by atoms with Crippen molar-refractivity contribution in [2.24, 2.45) is 5.73 Å². The minimum Gasteiger partial charge on any atom is -0.490 e. The summed E-state index contributed by atoms with van der Waals surface area (Å²) in [5, 5.41) is 2.88. The van der Waals surface area contributed by atoms with Crippen molar-refractivity contribution >= 4 is 5.91 Å². The Hall–Kier alpha value is -1.55. The molecule has 0 spiro atoms. The van der Waals surface area contributed by atoms with Crippen LogP contribution in [0.2, 0.25) is 0 Å². The number of hydrogen-bond donors (Lipinski definition) is 2. The third-order valence-corrected chi connectivity index (χ3v) is 3.11. The van der Waals surface area contributed by atoms with Gasteiger partial charge in [-0.25, -0.2) is 0 Å². The average Bonchev–Trinajstić information content (AvgIpc) is 2.36. The molecule has 4 heteroatoms. The third-order valence-electron chi connectivity index (χ3n) is 3.11. The summed E-state index contributed by atoms with van der Waals surface area (Å²) >= 11 is 0. The molecule has 0 radical (unpaired) electrons. The number of rotatable bonds is 7. The maximum Gasteiger partial charge on any atom is 0.221 e. The van der Waals surface area contributed by atoms with E-state index in [1.165, 1.54) is 0 Å². The molecule has 2 unspecified atom stereocenters. The minimum atomic E-state index is -0.121. The van der Waals surface area contributed by atoms with E-state index in [0.717, 1.165) is 23.3 Å². The highest BCUT2D eigenvalue weighted by Crippen LogP contribution is 2.22. The highest BCUT2D eigenvalue weighted by molar-refractivity contribution is 5.76. The summed E-state index contributed by atoms with van der Waals surface area (Å²) in [6.45, 7) is 8.45. The predicted octanol–water partition coefficient (Wildman–Crippen LogP) is 2.53. The fourth-order valence-electron chi connectivity index (χ4n) is 1.78. The lowest BCUT2D eigenvalue weighted by Gasteiger charge is -2.17. The van der Waals surface area contributed by atoms with Gasteiger partial charge in [-0.3, -0.25) is 4.79 Å². The zero-order valence-electron chi connectivity index (χ0n) is 12.9. The third kappa shape index (κ3) is 5.61. The molecule has 1 rings (SSSR count). The number of ether oxygens (including phenoxy) is 1. The highest BCUT2D eigenvalue weighted by Gasteiger charge is 2.10. The van der Waals surface area contributed by atoms with Crippen LogP contribution in [-0.4, -0.2) is 18.1 Å². The second-order valence-electron chi connectivity index (χ2n) is 5.41. The van der Waals surface area contributed by atoms with Crippen molar-refractivity contribution in [2.45, 2.75) is 59.2 Å². The maximum atomic E-state index is 11.7. The van der Waals surface area contributed by atoms with Crippen LogP contribution < -0.4 is 15.8 Å². The molecular weight excluding hydrogens is 252 g/mol. The Labute approximate surface area is 121 Å². The number of aryl methyl sites for hydroxylation is 1. The molecule has 0 bridgehead atoms. The number of benzene rings is 1. The lowest BCUT2D eigenvalue weighted by Crippen LogP contribution is -2.29. The second-order valence-corrected chi connectivity index (χ2v) is 5.41. The number of carbonyl (C=O) groups is 1. The molecule has 0 aliphatic heterocycles. The van der Waals surface area contributed by atoms with Gasteiger partial charge < -0.3 is 15.8 Å². The van der Waals surface area contributed by atoms with Gasteiger partial charge in [0.15, 0.2) is 0 Å². The van der Waals surface area contributed by atoms with Gasteiger partial charge in [0.1, 0.15) is 5.75 Å². The Morgan fingerprint density at radius 2 is 2.10 bits per heavy atom. The first kappa shape index (κ1) is 16.5. The second kappa shape index (κ2) is 7.90. The molecule has 0 heterocycles. The van der Waals surface area contributed by atoms with Gasteiger partial charge in [0.05, 0.1) is 6.10 Å². The zero-order chi connectivity index (χ0) is 15.1. The van der Waals surface area contributed by atoms with E-state index >= 15 is 0 Å². The van der Waals surface area contributed by atoms with Gasteiger partial charge in [0.2, 0.25) is 5.91 Å². The lowest BCUT2D eigenvalue weighted by atomic mass is 10.1. The van der Waals surface area contributed by atoms with Crippen molar-refractivity contribution < 1.29 is 9.53 Å². The number of carbonyl (C=O) groups excluding carboxylic acids is 1. The van der Waals surface area contributed by atoms with Crippen LogP contribution in [0.4, 0.5) is 0 Å². The Bertz CT molecular complexity index is 444. The Morgan fingerprint density at radius 1 is 1.40 bits per heavy atom. The quantitative estimate of drug-likeness (QED) is 0.805. The van der Waals surface area contributed by atoms with Gasteiger partial charge >= 0.3 is 0 Å². The molecule has 0 aromatic heterocycles. The minimum absolute atomic E-state index is 0.0323. The molecule has 3 N–H and O–H groups in total. The molecule has 1 aromatic carbocycles. The van der Waals surface area contributed by atoms with Crippen LogP contribution in [0, 0.1) is 6.92 Å². The maximum absolute atomic E-state index is 11.7. The van der Waals surface area contributed by atoms with Gasteiger partial charge in [0, 0.05) is 24.6 Å². The summed E-state index contributed by atoms with van der Waals surface area (Å²) in [5.41, 5.74) is 7.75. The number of hydrogen-bond acceptors (Lipinski definition) is 3. The van der Waals surface area contributed by atoms with E-state index < -0.39 is 0 Å². The summed E-state index contributed by atoms with van der Waals surface area (Å²) in [7, 11) is 0. The normalized spacial score (nSPS) is 13.7. The molecule has 0 saturated carbocycles. The van der Waals surface area contributed by atoms with Crippen LogP contribution in [0.15, 0.2) is 18.2 Å². The van der Waals surface area contributed by atoms with Crippen molar-refractivity contribution in [2.75, 3.05) is 0 Å². The van der Waals surface area contributed by atoms with Gasteiger partial charge in [-0.2, -0.15) is 0 Å². The van der Waals surface area contributed by atoms with E-state index in [-0.39, 0.29) is 18.1 Å². The number of nitrogens with one attached hydrogen (secondary N) is 1. The molecule has 112 valence electrons. The van der Waals surface area contributed by atoms with Crippen LogP contribution >= 0.6 is 0 Å². The van der Waals surface area contributed by atoms with Crippen molar-refractivity contribution in [3.8, 4) is 5.75 Å². The monoisotopic (exact) mass is 278 g/mol. The van der Waals surface area contributed by atoms with Crippen molar-refractivity contribution in [3.05, 3.63) is 29.3 Å². The molecule has 4 nitrogen and oxygen atoms in total. The molecule has 0 aliphatic rings. The van der Waals surface area contributed by atoms with Crippen LogP contribution in [0.5, 0.6) is 5.75 Å². The van der Waals surface area contributed by atoms with Crippen molar-refractivity contribution in [3.63, 3.8) is 0 Å². The van der Waals surface area contributed by atoms with E-state index in [2.05, 4.69) is 12.2 Å². The van der Waals surface area contributed by atoms with Gasteiger partial charge in [-0.05, 0) is 38.8 Å². The standard InChI is InChI=1S/C16H26N2O2/c1-5-13(4)20-15-8-11(2)6-7-14(15)10-18-16(19)9-12(3)17/h6-8,12-13H,5,9-10,17H2,1-4H3,(H,18,19). The van der Waals surface area contributed by atoms with Crippen molar-refractivity contribution in [1.29, 1.82) is 0 Å². The van der Waals surface area contributed by atoms with Crippen LogP contribution in [0.25, 0.3) is 0 Å². The molecule has 0 aliphatic carbocycles. The van der Waals surface area contributed by atoms with Crippen LogP contribution in [0.3, 0.4) is 0 Å². The fourth-order valence-corrected chi connectivity index (χ4v) is 1.78. The molecule has 20 heavy (non-hydrogen) atoms.